The molecule has 2 aliphatic carbocycles. The number of hydrogen-bond acceptors (Lipinski definition) is 12. The monoisotopic (exact) mass is 674 g/mol. The van der Waals surface area contributed by atoms with E-state index in [0.29, 0.717) is 0 Å². The minimum absolute atomic E-state index is 0.00644. The summed E-state index contributed by atoms with van der Waals surface area (Å²) in [6.45, 7) is 14.1. The Hall–Kier alpha value is -3.51. The van der Waals surface area contributed by atoms with Crippen LogP contribution in [-0.2, 0) is 47.6 Å². The van der Waals surface area contributed by atoms with Crippen molar-refractivity contribution in [1.82, 2.24) is 0 Å². The lowest BCUT2D eigenvalue weighted by Gasteiger charge is -2.65. The highest BCUT2D eigenvalue weighted by Crippen LogP contribution is 2.69. The van der Waals surface area contributed by atoms with Crippen molar-refractivity contribution < 1.29 is 57.5 Å². The Bertz CT molecular complexity index is 1380. The first-order chi connectivity index (χ1) is 22.3. The fourth-order valence-electron chi connectivity index (χ4n) is 8.07. The molecule has 266 valence electrons. The van der Waals surface area contributed by atoms with Crippen LogP contribution in [0.2, 0.25) is 0 Å². The van der Waals surface area contributed by atoms with Gasteiger partial charge < -0.3 is 33.5 Å². The zero-order valence-corrected chi connectivity index (χ0v) is 29.4. The summed E-state index contributed by atoms with van der Waals surface area (Å²) >= 11 is 0. The van der Waals surface area contributed by atoms with E-state index >= 15 is 0 Å². The van der Waals surface area contributed by atoms with Crippen molar-refractivity contribution in [2.75, 3.05) is 6.61 Å². The summed E-state index contributed by atoms with van der Waals surface area (Å²) in [7, 11) is 0. The zero-order valence-electron chi connectivity index (χ0n) is 29.4. The molecule has 1 N–H and O–H groups in total. The molecule has 12 heteroatoms. The molecule has 1 aliphatic heterocycles. The highest BCUT2D eigenvalue weighted by atomic mass is 16.6. The summed E-state index contributed by atoms with van der Waals surface area (Å²) in [5.74, 6) is -4.22. The molecular formula is C36H50O12. The second-order valence-electron chi connectivity index (χ2n) is 15.0. The van der Waals surface area contributed by atoms with E-state index in [4.69, 9.17) is 28.4 Å². The number of carbonyl (C=O) groups excluding carboxylic acids is 5. The van der Waals surface area contributed by atoms with Crippen LogP contribution in [0, 0.1) is 23.2 Å². The van der Waals surface area contributed by atoms with Crippen molar-refractivity contribution in [3.63, 3.8) is 0 Å². The smallest absolute Gasteiger partial charge is 0.338 e. The maximum Gasteiger partial charge on any atom is 0.338 e. The van der Waals surface area contributed by atoms with Gasteiger partial charge in [0.15, 0.2) is 11.7 Å². The summed E-state index contributed by atoms with van der Waals surface area (Å²) in [6, 6.07) is 8.24. The molecule has 1 aromatic carbocycles. The summed E-state index contributed by atoms with van der Waals surface area (Å²) in [6.07, 6.45) is -5.54. The van der Waals surface area contributed by atoms with Gasteiger partial charge >= 0.3 is 29.8 Å². The van der Waals surface area contributed by atoms with Gasteiger partial charge in [0.05, 0.1) is 16.8 Å². The topological polar surface area (TPSA) is 161 Å². The predicted molar refractivity (Wildman–Crippen MR) is 170 cm³/mol. The van der Waals surface area contributed by atoms with Gasteiger partial charge in [-0.3, -0.25) is 19.2 Å². The lowest BCUT2D eigenvalue weighted by molar-refractivity contribution is -0.356. The van der Waals surface area contributed by atoms with Gasteiger partial charge in [0, 0.05) is 39.0 Å². The van der Waals surface area contributed by atoms with E-state index in [0.717, 1.165) is 0 Å². The molecule has 2 saturated carbocycles. The van der Waals surface area contributed by atoms with Gasteiger partial charge in [0.25, 0.3) is 0 Å². The Morgan fingerprint density at radius 1 is 0.833 bits per heavy atom. The van der Waals surface area contributed by atoms with Crippen molar-refractivity contribution in [3.05, 3.63) is 35.9 Å². The van der Waals surface area contributed by atoms with E-state index in [1.54, 1.807) is 44.2 Å². The lowest BCUT2D eigenvalue weighted by atomic mass is 9.46. The van der Waals surface area contributed by atoms with Crippen LogP contribution in [0.1, 0.15) is 98.4 Å². The van der Waals surface area contributed by atoms with Crippen molar-refractivity contribution in [2.45, 2.75) is 129 Å². The molecule has 3 fully saturated rings. The van der Waals surface area contributed by atoms with Crippen LogP contribution in [0.5, 0.6) is 0 Å². The Balaban J connectivity index is 2.05. The number of aliphatic hydroxyl groups is 1. The standard InChI is InChI=1S/C36H50O12/c1-20(2)15-28(39)45-26-18-34(9,42)36-30(44-23(6)38)25(33(7,8)48-36)17-27(46-32(41)24-13-11-10-12-14-24)35(36,19-43-22(5)37)31(26)47-29(40)16-21(3)4/h10-14,20-21,25-27,30-31,42H,15-19H2,1-9H3/t25-,26+,27+,30-,31+,34+,35-,36+/m1/s1. The van der Waals surface area contributed by atoms with Crippen LogP contribution in [0.3, 0.4) is 0 Å². The summed E-state index contributed by atoms with van der Waals surface area (Å²) in [4.78, 5) is 66.1. The quantitative estimate of drug-likeness (QED) is 0.262. The number of benzene rings is 1. The molecule has 1 saturated heterocycles. The lowest BCUT2D eigenvalue weighted by Crippen LogP contribution is -2.83. The van der Waals surface area contributed by atoms with Crippen LogP contribution in [0.15, 0.2) is 30.3 Å². The molecule has 0 radical (unpaired) electrons. The van der Waals surface area contributed by atoms with E-state index < -0.39 is 89.0 Å². The van der Waals surface area contributed by atoms with E-state index in [1.165, 1.54) is 20.8 Å². The fraction of sp³-hybridized carbons (Fsp3) is 0.694. The highest BCUT2D eigenvalue weighted by molar-refractivity contribution is 5.89. The average Bonchev–Trinajstić information content (AvgIpc) is 3.11. The minimum Gasteiger partial charge on any atom is -0.465 e. The molecular weight excluding hydrogens is 624 g/mol. The number of rotatable bonds is 11. The van der Waals surface area contributed by atoms with E-state index in [-0.39, 0.29) is 43.1 Å². The molecule has 48 heavy (non-hydrogen) atoms. The van der Waals surface area contributed by atoms with Crippen LogP contribution in [0.25, 0.3) is 0 Å². The molecule has 1 heterocycles. The Kier molecular flexibility index (Phi) is 10.7. The van der Waals surface area contributed by atoms with Crippen LogP contribution in [-0.4, -0.2) is 82.8 Å². The van der Waals surface area contributed by atoms with E-state index in [9.17, 15) is 29.1 Å². The molecule has 0 aromatic heterocycles. The van der Waals surface area contributed by atoms with Gasteiger partial charge in [-0.25, -0.2) is 4.79 Å². The SMILES string of the molecule is CC(=O)OC[C@]12[C@@H](OC(=O)c3ccccc3)C[C@@H]3[C@@H](OC(C)=O)[C@]1(OC3(C)C)[C@@](C)(O)C[C@H](OC(=O)CC(C)C)[C@@H]2OC(=O)CC(C)C. The first-order valence-corrected chi connectivity index (χ1v) is 16.7. The molecule has 12 nitrogen and oxygen atoms in total. The molecule has 0 amide bonds. The van der Waals surface area contributed by atoms with Crippen molar-refractivity contribution in [2.24, 2.45) is 23.2 Å². The highest BCUT2D eigenvalue weighted by Gasteiger charge is 2.86. The molecule has 3 aliphatic rings. The predicted octanol–water partition coefficient (Wildman–Crippen LogP) is 4.33. The Labute approximate surface area is 282 Å². The maximum absolute atomic E-state index is 13.8. The first-order valence-electron chi connectivity index (χ1n) is 16.7. The van der Waals surface area contributed by atoms with Gasteiger partial charge in [-0.15, -0.1) is 0 Å². The first kappa shape index (κ1) is 37.3. The van der Waals surface area contributed by atoms with Gasteiger partial charge in [0.1, 0.15) is 30.3 Å². The number of esters is 5. The number of fused-ring (bicyclic) bond motifs is 1. The number of ether oxygens (including phenoxy) is 6. The average molecular weight is 675 g/mol. The molecule has 1 aromatic rings. The third-order valence-corrected chi connectivity index (χ3v) is 9.82. The van der Waals surface area contributed by atoms with E-state index in [1.807, 2.05) is 27.7 Å². The Morgan fingerprint density at radius 3 is 1.96 bits per heavy atom. The summed E-state index contributed by atoms with van der Waals surface area (Å²) < 4.78 is 37.3. The zero-order chi connectivity index (χ0) is 35.8. The van der Waals surface area contributed by atoms with Crippen molar-refractivity contribution in [1.29, 1.82) is 0 Å². The maximum atomic E-state index is 13.8. The van der Waals surface area contributed by atoms with Crippen molar-refractivity contribution in [3.8, 4) is 0 Å². The largest absolute Gasteiger partial charge is 0.465 e. The molecule has 1 spiro atoms. The Morgan fingerprint density at radius 2 is 1.42 bits per heavy atom. The van der Waals surface area contributed by atoms with Gasteiger partial charge in [-0.1, -0.05) is 45.9 Å². The normalized spacial score (nSPS) is 33.4. The van der Waals surface area contributed by atoms with Crippen LogP contribution in [0.4, 0.5) is 0 Å². The van der Waals surface area contributed by atoms with E-state index in [2.05, 4.69) is 0 Å². The number of hydrogen-bond donors (Lipinski definition) is 1. The fourth-order valence-corrected chi connectivity index (χ4v) is 8.07. The minimum atomic E-state index is -2.00. The third kappa shape index (κ3) is 6.83. The molecule has 8 atom stereocenters. The molecule has 2 bridgehead atoms. The van der Waals surface area contributed by atoms with Gasteiger partial charge in [0.2, 0.25) is 0 Å². The number of carbonyl (C=O) groups is 5. The van der Waals surface area contributed by atoms with Crippen LogP contribution >= 0.6 is 0 Å². The third-order valence-electron chi connectivity index (χ3n) is 9.82. The second kappa shape index (κ2) is 13.8. The summed E-state index contributed by atoms with van der Waals surface area (Å²) in [5, 5.41) is 12.7. The summed E-state index contributed by atoms with van der Waals surface area (Å²) in [5.41, 5.74) is -6.84. The molecule has 0 unspecified atom stereocenters. The second-order valence-corrected chi connectivity index (χ2v) is 15.0. The van der Waals surface area contributed by atoms with Gasteiger partial charge in [-0.2, -0.15) is 0 Å². The van der Waals surface area contributed by atoms with Crippen LogP contribution < -0.4 is 0 Å². The molecule has 4 rings (SSSR count). The van der Waals surface area contributed by atoms with Crippen molar-refractivity contribution >= 4 is 29.8 Å². The van der Waals surface area contributed by atoms with Gasteiger partial charge in [-0.05, 0) is 51.2 Å².